The van der Waals surface area contributed by atoms with Gasteiger partial charge in [0.25, 0.3) is 11.8 Å². The molecule has 0 aliphatic carbocycles. The Bertz CT molecular complexity index is 1250. The highest BCUT2D eigenvalue weighted by Gasteiger charge is 2.54. The minimum absolute atomic E-state index is 0.127. The topological polar surface area (TPSA) is 211 Å². The van der Waals surface area contributed by atoms with Gasteiger partial charge in [0.1, 0.15) is 22.8 Å². The number of rotatable bonds is 12. The van der Waals surface area contributed by atoms with Crippen LogP contribution in [0.3, 0.4) is 0 Å². The Morgan fingerprint density at radius 3 is 2.92 bits per heavy atom. The number of nitrogens with zero attached hydrogens (tertiary/aromatic N) is 7. The van der Waals surface area contributed by atoms with E-state index in [4.69, 9.17) is 15.7 Å². The molecule has 0 saturated carbocycles. The molecule has 15 nitrogen and oxygen atoms in total. The number of β-lactam (4-membered cyclic amide) rings is 1. The number of thioether (sulfide) groups is 3. The maximum absolute atomic E-state index is 13.0. The van der Waals surface area contributed by atoms with E-state index in [0.29, 0.717) is 16.5 Å². The molecule has 1 unspecified atom stereocenters. The summed E-state index contributed by atoms with van der Waals surface area (Å²) in [6.07, 6.45) is 1.80. The van der Waals surface area contributed by atoms with Crippen LogP contribution in [0.1, 0.15) is 5.69 Å². The van der Waals surface area contributed by atoms with Gasteiger partial charge in [0, 0.05) is 16.9 Å². The van der Waals surface area contributed by atoms with Crippen LogP contribution >= 0.6 is 46.6 Å². The number of carboxylic acid groups (broad SMARTS) is 1. The van der Waals surface area contributed by atoms with Gasteiger partial charge in [0.2, 0.25) is 5.16 Å². The van der Waals surface area contributed by atoms with Crippen molar-refractivity contribution in [2.45, 2.75) is 23.1 Å². The first-order chi connectivity index (χ1) is 17.8. The number of hydrogen-bond acceptors (Lipinski definition) is 15. The van der Waals surface area contributed by atoms with E-state index in [1.165, 1.54) is 44.9 Å². The second-order valence-corrected chi connectivity index (χ2v) is 11.1. The first kappa shape index (κ1) is 27.2. The Hall–Kier alpha value is -2.87. The lowest BCUT2D eigenvalue weighted by molar-refractivity contribution is -0.150. The summed E-state index contributed by atoms with van der Waals surface area (Å²) >= 11 is 5.01. The number of carbonyl (C=O) groups is 3. The van der Waals surface area contributed by atoms with Crippen molar-refractivity contribution < 1.29 is 29.4 Å². The Balaban J connectivity index is 1.48. The highest BCUT2D eigenvalue weighted by Crippen LogP contribution is 2.41. The lowest BCUT2D eigenvalue weighted by atomic mass is 10.0. The number of anilines is 1. The number of nitrogens with two attached hydrogens (primary N) is 1. The van der Waals surface area contributed by atoms with Gasteiger partial charge in [-0.2, -0.15) is 0 Å². The van der Waals surface area contributed by atoms with Crippen LogP contribution in [0.4, 0.5) is 5.13 Å². The Labute approximate surface area is 226 Å². The van der Waals surface area contributed by atoms with Crippen LogP contribution in [-0.4, -0.2) is 106 Å². The molecule has 2 atom stereocenters. The predicted octanol–water partition coefficient (Wildman–Crippen LogP) is -0.724. The van der Waals surface area contributed by atoms with Crippen molar-refractivity contribution in [2.75, 3.05) is 36.0 Å². The van der Waals surface area contributed by atoms with Crippen molar-refractivity contribution in [1.82, 2.24) is 35.4 Å². The molecule has 0 radical (unpaired) electrons. The summed E-state index contributed by atoms with van der Waals surface area (Å²) in [7, 11) is 0. The van der Waals surface area contributed by atoms with E-state index in [0.717, 1.165) is 11.3 Å². The SMILES string of the molecule is CSCO/N=C(/C(=O)NC1C(=O)N2C(C(=O)O)=C(CSc3nnnn3CCO)CS[C@H]12)c1csc(N)n1. The van der Waals surface area contributed by atoms with Gasteiger partial charge in [0.15, 0.2) is 16.8 Å². The highest BCUT2D eigenvalue weighted by atomic mass is 32.2. The van der Waals surface area contributed by atoms with Gasteiger partial charge in [-0.25, -0.2) is 14.5 Å². The molecule has 2 amide bonds. The fourth-order valence-corrected chi connectivity index (χ4v) is 6.53. The summed E-state index contributed by atoms with van der Waals surface area (Å²) in [5, 5.41) is 38.3. The molecule has 2 aromatic rings. The van der Waals surface area contributed by atoms with Crippen molar-refractivity contribution in [3.63, 3.8) is 0 Å². The van der Waals surface area contributed by atoms with Crippen molar-refractivity contribution in [1.29, 1.82) is 0 Å². The number of carbonyl (C=O) groups excluding carboxylic acids is 2. The normalized spacial score (nSPS) is 19.5. The van der Waals surface area contributed by atoms with E-state index in [1.807, 2.05) is 0 Å². The van der Waals surface area contributed by atoms with Crippen LogP contribution in [0.2, 0.25) is 0 Å². The van der Waals surface area contributed by atoms with E-state index < -0.39 is 29.2 Å². The van der Waals surface area contributed by atoms with Gasteiger partial charge >= 0.3 is 5.97 Å². The van der Waals surface area contributed by atoms with Crippen LogP contribution in [0.25, 0.3) is 0 Å². The van der Waals surface area contributed by atoms with Crippen LogP contribution < -0.4 is 11.1 Å². The Morgan fingerprint density at radius 2 is 2.24 bits per heavy atom. The minimum Gasteiger partial charge on any atom is -0.477 e. The number of aliphatic hydroxyl groups is 1. The van der Waals surface area contributed by atoms with Gasteiger partial charge in [-0.05, 0) is 22.3 Å². The largest absolute Gasteiger partial charge is 0.477 e. The minimum atomic E-state index is -1.25. The third-order valence-corrected chi connectivity index (χ3v) is 8.43. The summed E-state index contributed by atoms with van der Waals surface area (Å²) in [4.78, 5) is 48.5. The summed E-state index contributed by atoms with van der Waals surface area (Å²) in [6.45, 7) is 0.0463. The van der Waals surface area contributed by atoms with Crippen LogP contribution in [0.15, 0.2) is 27.0 Å². The second-order valence-electron chi connectivity index (χ2n) is 7.36. The molecular formula is C18H21N9O6S4. The summed E-state index contributed by atoms with van der Waals surface area (Å²) in [5.41, 5.74) is 6.13. The number of aromatic nitrogens is 5. The van der Waals surface area contributed by atoms with Gasteiger partial charge in [-0.1, -0.05) is 16.9 Å². The quantitative estimate of drug-likeness (QED) is 0.0603. The summed E-state index contributed by atoms with van der Waals surface area (Å²) in [6, 6.07) is -0.959. The van der Waals surface area contributed by atoms with Crippen molar-refractivity contribution in [3.05, 3.63) is 22.3 Å². The van der Waals surface area contributed by atoms with E-state index in [-0.39, 0.29) is 47.1 Å². The van der Waals surface area contributed by atoms with Gasteiger partial charge in [-0.3, -0.25) is 14.5 Å². The van der Waals surface area contributed by atoms with Gasteiger partial charge < -0.3 is 26.1 Å². The number of aliphatic hydroxyl groups excluding tert-OH is 1. The molecule has 2 aliphatic heterocycles. The maximum Gasteiger partial charge on any atom is 0.352 e. The van der Waals surface area contributed by atoms with Crippen LogP contribution in [-0.2, 0) is 25.8 Å². The summed E-state index contributed by atoms with van der Waals surface area (Å²) in [5.74, 6) is -1.76. The number of oxime groups is 1. The number of thiazole rings is 1. The zero-order valence-electron chi connectivity index (χ0n) is 19.1. The van der Waals surface area contributed by atoms with E-state index in [2.05, 4.69) is 31.0 Å². The predicted molar refractivity (Wildman–Crippen MR) is 138 cm³/mol. The average Bonchev–Trinajstić information content (AvgIpc) is 3.51. The molecule has 5 N–H and O–H groups in total. The van der Waals surface area contributed by atoms with Crippen molar-refractivity contribution >= 4 is 75.2 Å². The summed E-state index contributed by atoms with van der Waals surface area (Å²) < 4.78 is 1.41. The van der Waals surface area contributed by atoms with Crippen LogP contribution in [0.5, 0.6) is 0 Å². The third-order valence-electron chi connectivity index (χ3n) is 5.03. The Kier molecular flexibility index (Phi) is 8.90. The zero-order valence-corrected chi connectivity index (χ0v) is 22.4. The molecule has 1 fully saturated rings. The molecular weight excluding hydrogens is 567 g/mol. The first-order valence-electron chi connectivity index (χ1n) is 10.5. The number of aliphatic carboxylic acids is 1. The van der Waals surface area contributed by atoms with Gasteiger partial charge in [0.05, 0.1) is 13.2 Å². The molecule has 4 heterocycles. The molecule has 198 valence electrons. The van der Waals surface area contributed by atoms with E-state index in [1.54, 1.807) is 11.6 Å². The van der Waals surface area contributed by atoms with E-state index >= 15 is 0 Å². The van der Waals surface area contributed by atoms with Crippen molar-refractivity contribution in [2.24, 2.45) is 5.16 Å². The molecule has 19 heteroatoms. The van der Waals surface area contributed by atoms with Crippen LogP contribution in [0, 0.1) is 0 Å². The number of nitrogens with one attached hydrogen (secondary N) is 1. The smallest absolute Gasteiger partial charge is 0.352 e. The number of nitrogen functional groups attached to an aromatic ring is 1. The first-order valence-corrected chi connectivity index (χ1v) is 14.8. The lowest BCUT2D eigenvalue weighted by Gasteiger charge is -2.49. The fraction of sp³-hybridized carbons (Fsp3) is 0.444. The molecule has 1 saturated heterocycles. The number of carboxylic acids is 1. The molecule has 0 aromatic carbocycles. The highest BCUT2D eigenvalue weighted by molar-refractivity contribution is 8.01. The Morgan fingerprint density at radius 1 is 1.43 bits per heavy atom. The fourth-order valence-electron chi connectivity index (χ4n) is 3.44. The third kappa shape index (κ3) is 5.84. The van der Waals surface area contributed by atoms with Gasteiger partial charge in [-0.15, -0.1) is 40.0 Å². The number of amides is 2. The van der Waals surface area contributed by atoms with Crippen molar-refractivity contribution in [3.8, 4) is 0 Å². The number of hydrogen-bond donors (Lipinski definition) is 4. The van der Waals surface area contributed by atoms with E-state index in [9.17, 15) is 19.5 Å². The average molecular weight is 588 g/mol. The molecule has 0 spiro atoms. The maximum atomic E-state index is 13.0. The molecule has 2 aromatic heterocycles. The lowest BCUT2D eigenvalue weighted by Crippen LogP contribution is -2.71. The molecule has 37 heavy (non-hydrogen) atoms. The standard InChI is InChI=1S/C18H21N9O6S4/c1-34-7-33-23-10(9-6-36-17(19)20-9)13(29)21-11-14(30)27-12(16(31)32)8(4-35-15(11)27)5-37-18-22-24-25-26(18)2-3-28/h6,11,15,28H,2-5,7H2,1H3,(H2,19,20)(H,21,29)(H,31,32)/b23-10+/t11?,15-/m1/s1. The monoisotopic (exact) mass is 587 g/mol. The molecule has 0 bridgehead atoms. The number of tetrazole rings is 1. The second kappa shape index (κ2) is 12.1. The molecule has 4 rings (SSSR count). The number of fused-ring (bicyclic) bond motifs is 1. The zero-order chi connectivity index (χ0) is 26.5. The molecule has 2 aliphatic rings.